The third-order valence-electron chi connectivity index (χ3n) is 3.55. The molecule has 0 fully saturated rings. The summed E-state index contributed by atoms with van der Waals surface area (Å²) in [4.78, 5) is 13.4. The Labute approximate surface area is 142 Å². The molecule has 0 aromatic heterocycles. The van der Waals surface area contributed by atoms with E-state index in [1.807, 2.05) is 42.5 Å². The Morgan fingerprint density at radius 2 is 2.00 bits per heavy atom. The van der Waals surface area contributed by atoms with Crippen molar-refractivity contribution in [3.63, 3.8) is 0 Å². The summed E-state index contributed by atoms with van der Waals surface area (Å²) in [6.45, 7) is 2.70. The number of rotatable bonds is 7. The van der Waals surface area contributed by atoms with Gasteiger partial charge >= 0.3 is 0 Å². The summed E-state index contributed by atoms with van der Waals surface area (Å²) < 4.78 is 5.47. The molecule has 0 radical (unpaired) electrons. The highest BCUT2D eigenvalue weighted by Gasteiger charge is 2.14. The van der Waals surface area contributed by atoms with Crippen molar-refractivity contribution in [3.8, 4) is 11.8 Å². The van der Waals surface area contributed by atoms with E-state index in [0.717, 1.165) is 11.3 Å². The molecule has 24 heavy (non-hydrogen) atoms. The number of hydrogen-bond acceptors (Lipinski definition) is 4. The Morgan fingerprint density at radius 3 is 2.62 bits per heavy atom. The summed E-state index contributed by atoms with van der Waals surface area (Å²) >= 11 is 0. The first kappa shape index (κ1) is 17.4. The van der Waals surface area contributed by atoms with Crippen LogP contribution in [0.25, 0.3) is 0 Å². The molecule has 5 nitrogen and oxygen atoms in total. The summed E-state index contributed by atoms with van der Waals surface area (Å²) in [7, 11) is 1.61. The molecule has 0 aliphatic carbocycles. The van der Waals surface area contributed by atoms with E-state index in [1.165, 1.54) is 6.92 Å². The van der Waals surface area contributed by atoms with Gasteiger partial charge in [-0.2, -0.15) is 5.26 Å². The molecule has 1 amide bonds. The number of amides is 1. The predicted octanol–water partition coefficient (Wildman–Crippen LogP) is 3.57. The highest BCUT2D eigenvalue weighted by atomic mass is 16.5. The minimum Gasteiger partial charge on any atom is -0.495 e. The van der Waals surface area contributed by atoms with E-state index in [0.29, 0.717) is 30.9 Å². The first-order valence-electron chi connectivity index (χ1n) is 7.75. The van der Waals surface area contributed by atoms with Crippen molar-refractivity contribution >= 4 is 17.3 Å². The van der Waals surface area contributed by atoms with Gasteiger partial charge in [0.15, 0.2) is 0 Å². The number of ether oxygens (including phenoxy) is 1. The van der Waals surface area contributed by atoms with Crippen LogP contribution >= 0.6 is 0 Å². The standard InChI is InChI=1S/C19H21N3O2/c1-15(23)21-17-9-10-19(24-2)18(13-17)22(12-6-11-20)14-16-7-4-3-5-8-16/h3-5,7-10,13H,6,12,14H2,1-2H3,(H,21,23). The molecule has 0 heterocycles. The lowest BCUT2D eigenvalue weighted by Crippen LogP contribution is -2.24. The van der Waals surface area contributed by atoms with Gasteiger partial charge < -0.3 is 15.0 Å². The molecule has 1 N–H and O–H groups in total. The van der Waals surface area contributed by atoms with Gasteiger partial charge in [-0.05, 0) is 23.8 Å². The number of methoxy groups -OCH3 is 1. The Bertz CT molecular complexity index is 723. The number of carbonyl (C=O) groups excluding carboxylic acids is 1. The van der Waals surface area contributed by atoms with Crippen molar-refractivity contribution < 1.29 is 9.53 Å². The van der Waals surface area contributed by atoms with E-state index in [-0.39, 0.29) is 5.91 Å². The minimum atomic E-state index is -0.127. The fourth-order valence-electron chi connectivity index (χ4n) is 2.49. The Morgan fingerprint density at radius 1 is 1.25 bits per heavy atom. The van der Waals surface area contributed by atoms with E-state index < -0.39 is 0 Å². The lowest BCUT2D eigenvalue weighted by molar-refractivity contribution is -0.114. The number of nitriles is 1. The molecule has 0 atom stereocenters. The summed E-state index contributed by atoms with van der Waals surface area (Å²) in [6, 6.07) is 17.7. The largest absolute Gasteiger partial charge is 0.495 e. The van der Waals surface area contributed by atoms with Crippen LogP contribution in [0, 0.1) is 11.3 Å². The number of anilines is 2. The summed E-state index contributed by atoms with van der Waals surface area (Å²) in [6.07, 6.45) is 0.403. The van der Waals surface area contributed by atoms with Crippen LogP contribution in [0.15, 0.2) is 48.5 Å². The van der Waals surface area contributed by atoms with Crippen LogP contribution in [0.5, 0.6) is 5.75 Å². The molecule has 0 aliphatic rings. The van der Waals surface area contributed by atoms with Gasteiger partial charge in [-0.1, -0.05) is 30.3 Å². The van der Waals surface area contributed by atoms with Gasteiger partial charge in [-0.15, -0.1) is 0 Å². The van der Waals surface area contributed by atoms with Crippen LogP contribution in [0.3, 0.4) is 0 Å². The van der Waals surface area contributed by atoms with Crippen LogP contribution < -0.4 is 15.0 Å². The van der Waals surface area contributed by atoms with Crippen molar-refractivity contribution in [1.29, 1.82) is 5.26 Å². The van der Waals surface area contributed by atoms with Gasteiger partial charge in [-0.25, -0.2) is 0 Å². The van der Waals surface area contributed by atoms with E-state index in [9.17, 15) is 4.79 Å². The van der Waals surface area contributed by atoms with Crippen LogP contribution in [-0.2, 0) is 11.3 Å². The van der Waals surface area contributed by atoms with E-state index in [4.69, 9.17) is 10.00 Å². The predicted molar refractivity (Wildman–Crippen MR) is 95.0 cm³/mol. The van der Waals surface area contributed by atoms with Gasteiger partial charge in [-0.3, -0.25) is 4.79 Å². The molecule has 0 unspecified atom stereocenters. The smallest absolute Gasteiger partial charge is 0.221 e. The maximum atomic E-state index is 11.3. The SMILES string of the molecule is COc1ccc(NC(C)=O)cc1N(CCC#N)Cc1ccccc1. The molecule has 5 heteroatoms. The number of nitrogens with zero attached hydrogens (tertiary/aromatic N) is 2. The fourth-order valence-corrected chi connectivity index (χ4v) is 2.49. The lowest BCUT2D eigenvalue weighted by atomic mass is 10.1. The van der Waals surface area contributed by atoms with Gasteiger partial charge in [0.2, 0.25) is 5.91 Å². The van der Waals surface area contributed by atoms with Crippen LogP contribution in [-0.4, -0.2) is 19.6 Å². The van der Waals surface area contributed by atoms with Gasteiger partial charge in [0, 0.05) is 25.7 Å². The number of carbonyl (C=O) groups is 1. The quantitative estimate of drug-likeness (QED) is 0.846. The molecule has 0 saturated heterocycles. The van der Waals surface area contributed by atoms with Crippen molar-refractivity contribution in [2.75, 3.05) is 23.9 Å². The van der Waals surface area contributed by atoms with E-state index >= 15 is 0 Å². The molecular weight excluding hydrogens is 302 g/mol. The molecule has 2 aromatic carbocycles. The van der Waals surface area contributed by atoms with Crippen molar-refractivity contribution in [2.45, 2.75) is 19.9 Å². The van der Waals surface area contributed by atoms with E-state index in [1.54, 1.807) is 13.2 Å². The lowest BCUT2D eigenvalue weighted by Gasteiger charge is -2.26. The number of hydrogen-bond donors (Lipinski definition) is 1. The second-order valence-electron chi connectivity index (χ2n) is 5.38. The van der Waals surface area contributed by atoms with Crippen molar-refractivity contribution in [1.82, 2.24) is 0 Å². The summed E-state index contributed by atoms with van der Waals surface area (Å²) in [5.41, 5.74) is 2.69. The highest BCUT2D eigenvalue weighted by Crippen LogP contribution is 2.32. The second-order valence-corrected chi connectivity index (χ2v) is 5.38. The highest BCUT2D eigenvalue weighted by molar-refractivity contribution is 5.89. The minimum absolute atomic E-state index is 0.127. The molecule has 124 valence electrons. The molecular formula is C19H21N3O2. The second kappa shape index (κ2) is 8.59. The first-order valence-corrected chi connectivity index (χ1v) is 7.75. The third-order valence-corrected chi connectivity index (χ3v) is 3.55. The third kappa shape index (κ3) is 4.75. The number of nitrogens with one attached hydrogen (secondary N) is 1. The van der Waals surface area contributed by atoms with Crippen LogP contribution in [0.2, 0.25) is 0 Å². The Kier molecular flexibility index (Phi) is 6.21. The van der Waals surface area contributed by atoms with Gasteiger partial charge in [0.05, 0.1) is 25.3 Å². The van der Waals surface area contributed by atoms with Gasteiger partial charge in [0.1, 0.15) is 5.75 Å². The molecule has 0 aliphatic heterocycles. The Balaban J connectivity index is 2.35. The van der Waals surface area contributed by atoms with Crippen LogP contribution in [0.1, 0.15) is 18.9 Å². The summed E-state index contributed by atoms with van der Waals surface area (Å²) in [5.74, 6) is 0.579. The first-order chi connectivity index (χ1) is 11.6. The normalized spacial score (nSPS) is 9.88. The fraction of sp³-hybridized carbons (Fsp3) is 0.263. The van der Waals surface area contributed by atoms with Crippen LogP contribution in [0.4, 0.5) is 11.4 Å². The molecule has 0 bridgehead atoms. The average Bonchev–Trinajstić information content (AvgIpc) is 2.59. The topological polar surface area (TPSA) is 65.4 Å². The maximum Gasteiger partial charge on any atom is 0.221 e. The van der Waals surface area contributed by atoms with Crippen molar-refractivity contribution in [3.05, 3.63) is 54.1 Å². The molecule has 0 saturated carbocycles. The molecule has 2 aromatic rings. The number of benzene rings is 2. The zero-order valence-electron chi connectivity index (χ0n) is 14.0. The van der Waals surface area contributed by atoms with Crippen molar-refractivity contribution in [2.24, 2.45) is 0 Å². The summed E-state index contributed by atoms with van der Waals surface area (Å²) in [5, 5.41) is 11.7. The maximum absolute atomic E-state index is 11.3. The zero-order valence-corrected chi connectivity index (χ0v) is 14.0. The molecule has 0 spiro atoms. The average molecular weight is 323 g/mol. The van der Waals surface area contributed by atoms with Gasteiger partial charge in [0.25, 0.3) is 0 Å². The monoisotopic (exact) mass is 323 g/mol. The van der Waals surface area contributed by atoms with E-state index in [2.05, 4.69) is 16.3 Å². The molecule has 2 rings (SSSR count). The Hall–Kier alpha value is -3.00. The zero-order chi connectivity index (χ0) is 17.4.